The number of amides is 2. The molecule has 4 rings (SSSR count). The summed E-state index contributed by atoms with van der Waals surface area (Å²) in [5, 5.41) is 2.73. The second-order valence-corrected chi connectivity index (χ2v) is 8.16. The van der Waals surface area contributed by atoms with Gasteiger partial charge < -0.3 is 15.0 Å². The Morgan fingerprint density at radius 2 is 2.00 bits per heavy atom. The third-order valence-electron chi connectivity index (χ3n) is 5.84. The molecule has 0 aromatic heterocycles. The number of nitrogens with one attached hydrogen (secondary N) is 1. The number of rotatable bonds is 7. The van der Waals surface area contributed by atoms with Crippen LogP contribution in [0.2, 0.25) is 0 Å². The summed E-state index contributed by atoms with van der Waals surface area (Å²) in [6, 6.07) is 11.8. The van der Waals surface area contributed by atoms with E-state index in [-0.39, 0.29) is 29.6 Å². The van der Waals surface area contributed by atoms with Crippen molar-refractivity contribution in [3.05, 3.63) is 77.6 Å². The molecular formula is C25H27FN2O3. The second kappa shape index (κ2) is 8.92. The van der Waals surface area contributed by atoms with Crippen molar-refractivity contribution in [1.29, 1.82) is 0 Å². The number of halogens is 1. The molecule has 1 aliphatic heterocycles. The van der Waals surface area contributed by atoms with Crippen molar-refractivity contribution in [2.24, 2.45) is 5.92 Å². The van der Waals surface area contributed by atoms with Crippen LogP contribution in [0.1, 0.15) is 42.5 Å². The van der Waals surface area contributed by atoms with Crippen molar-refractivity contribution in [3.8, 4) is 5.75 Å². The Kier molecular flexibility index (Phi) is 6.07. The Bertz CT molecular complexity index is 985. The lowest BCUT2D eigenvalue weighted by Gasteiger charge is -2.38. The van der Waals surface area contributed by atoms with Crippen LogP contribution in [-0.4, -0.2) is 35.9 Å². The molecular weight excluding hydrogens is 395 g/mol. The molecule has 1 saturated carbocycles. The Morgan fingerprint density at radius 3 is 2.68 bits per heavy atom. The van der Waals surface area contributed by atoms with Crippen LogP contribution in [0.15, 0.2) is 55.1 Å². The second-order valence-electron chi connectivity index (χ2n) is 8.16. The number of carbonyl (C=O) groups excluding carboxylic acids is 2. The first-order valence-corrected chi connectivity index (χ1v) is 10.7. The van der Waals surface area contributed by atoms with E-state index in [1.165, 1.54) is 12.1 Å². The highest BCUT2D eigenvalue weighted by Crippen LogP contribution is 2.41. The largest absolute Gasteiger partial charge is 0.481 e. The van der Waals surface area contributed by atoms with Crippen molar-refractivity contribution in [1.82, 2.24) is 10.2 Å². The van der Waals surface area contributed by atoms with Crippen LogP contribution in [-0.2, 0) is 16.0 Å². The van der Waals surface area contributed by atoms with E-state index in [4.69, 9.17) is 4.74 Å². The third-order valence-corrected chi connectivity index (χ3v) is 5.84. The topological polar surface area (TPSA) is 58.6 Å². The van der Waals surface area contributed by atoms with E-state index in [1.54, 1.807) is 25.1 Å². The molecule has 1 N–H and O–H groups in total. The summed E-state index contributed by atoms with van der Waals surface area (Å²) < 4.78 is 19.5. The number of carbonyl (C=O) groups is 2. The molecule has 1 fully saturated rings. The number of nitrogens with zero attached hydrogens (tertiary/aromatic N) is 1. The highest BCUT2D eigenvalue weighted by molar-refractivity contribution is 5.82. The van der Waals surface area contributed by atoms with Crippen molar-refractivity contribution in [2.45, 2.75) is 38.3 Å². The zero-order valence-corrected chi connectivity index (χ0v) is 17.6. The predicted octanol–water partition coefficient (Wildman–Crippen LogP) is 3.78. The average molecular weight is 423 g/mol. The maximum absolute atomic E-state index is 13.6. The first kappa shape index (κ1) is 21.1. The molecule has 6 heteroatoms. The van der Waals surface area contributed by atoms with Gasteiger partial charge in [0.1, 0.15) is 11.6 Å². The van der Waals surface area contributed by atoms with E-state index in [1.807, 2.05) is 23.1 Å². The zero-order valence-electron chi connectivity index (χ0n) is 17.6. The molecule has 0 radical (unpaired) electrons. The molecule has 31 heavy (non-hydrogen) atoms. The molecule has 1 aliphatic carbocycles. The van der Waals surface area contributed by atoms with E-state index < -0.39 is 6.10 Å². The Balaban J connectivity index is 1.65. The van der Waals surface area contributed by atoms with Gasteiger partial charge in [-0.15, -0.1) is 6.58 Å². The maximum atomic E-state index is 13.6. The summed E-state index contributed by atoms with van der Waals surface area (Å²) in [6.07, 6.45) is 3.55. The van der Waals surface area contributed by atoms with Gasteiger partial charge in [-0.1, -0.05) is 24.3 Å². The molecule has 5 nitrogen and oxygen atoms in total. The van der Waals surface area contributed by atoms with Crippen molar-refractivity contribution in [2.75, 3.05) is 13.1 Å². The first-order chi connectivity index (χ1) is 15.0. The van der Waals surface area contributed by atoms with Crippen LogP contribution in [0.25, 0.3) is 0 Å². The zero-order chi connectivity index (χ0) is 22.0. The van der Waals surface area contributed by atoms with Gasteiger partial charge in [0.2, 0.25) is 5.91 Å². The normalized spacial score (nSPS) is 18.6. The monoisotopic (exact) mass is 422 g/mol. The number of fused-ring (bicyclic) bond motifs is 1. The molecule has 0 saturated heterocycles. The SMILES string of the molecule is C=CCNC(=O)C(C)Oc1ccc2c(c1)C(c1ccc(F)cc1)N(C(=O)C1CC1)CC2. The Morgan fingerprint density at radius 1 is 1.26 bits per heavy atom. The van der Waals surface area contributed by atoms with Gasteiger partial charge in [-0.05, 0) is 67.1 Å². The molecule has 2 atom stereocenters. The van der Waals surface area contributed by atoms with Crippen LogP contribution < -0.4 is 10.1 Å². The van der Waals surface area contributed by atoms with Gasteiger partial charge >= 0.3 is 0 Å². The van der Waals surface area contributed by atoms with Crippen LogP contribution in [0, 0.1) is 11.7 Å². The van der Waals surface area contributed by atoms with E-state index in [0.29, 0.717) is 18.8 Å². The van der Waals surface area contributed by atoms with Gasteiger partial charge in [0.15, 0.2) is 6.10 Å². The van der Waals surface area contributed by atoms with Crippen molar-refractivity contribution >= 4 is 11.8 Å². The lowest BCUT2D eigenvalue weighted by atomic mass is 9.87. The molecule has 2 aliphatic rings. The van der Waals surface area contributed by atoms with Gasteiger partial charge in [-0.3, -0.25) is 9.59 Å². The highest BCUT2D eigenvalue weighted by atomic mass is 19.1. The summed E-state index contributed by atoms with van der Waals surface area (Å²) in [5.74, 6) is 0.281. The van der Waals surface area contributed by atoms with Crippen LogP contribution in [0.4, 0.5) is 4.39 Å². The molecule has 2 unspecified atom stereocenters. The van der Waals surface area contributed by atoms with E-state index in [2.05, 4.69) is 11.9 Å². The molecule has 0 bridgehead atoms. The maximum Gasteiger partial charge on any atom is 0.261 e. The van der Waals surface area contributed by atoms with E-state index in [9.17, 15) is 14.0 Å². The quantitative estimate of drug-likeness (QED) is 0.691. The summed E-state index contributed by atoms with van der Waals surface area (Å²) in [7, 11) is 0. The van der Waals surface area contributed by atoms with Crippen LogP contribution in [0.5, 0.6) is 5.75 Å². The van der Waals surface area contributed by atoms with Gasteiger partial charge in [-0.2, -0.15) is 0 Å². The van der Waals surface area contributed by atoms with Gasteiger partial charge in [0.25, 0.3) is 5.91 Å². The first-order valence-electron chi connectivity index (χ1n) is 10.7. The van der Waals surface area contributed by atoms with E-state index >= 15 is 0 Å². The van der Waals surface area contributed by atoms with Crippen LogP contribution >= 0.6 is 0 Å². The van der Waals surface area contributed by atoms with Gasteiger partial charge in [0.05, 0.1) is 6.04 Å². The highest BCUT2D eigenvalue weighted by Gasteiger charge is 2.39. The smallest absolute Gasteiger partial charge is 0.261 e. The van der Waals surface area contributed by atoms with Gasteiger partial charge in [0, 0.05) is 19.0 Å². The standard InChI is InChI=1S/C25H27FN2O3/c1-3-13-27-24(29)16(2)31-21-11-8-17-12-14-28(25(30)19-4-5-19)23(22(17)15-21)18-6-9-20(26)10-7-18/h3,6-11,15-16,19,23H,1,4-5,12-14H2,2H3,(H,27,29). The third kappa shape index (κ3) is 4.63. The number of ether oxygens (including phenoxy) is 1. The number of hydrogen-bond donors (Lipinski definition) is 1. The summed E-state index contributed by atoms with van der Waals surface area (Å²) in [6.45, 7) is 6.29. The summed E-state index contributed by atoms with van der Waals surface area (Å²) in [4.78, 5) is 27.1. The van der Waals surface area contributed by atoms with Crippen LogP contribution in [0.3, 0.4) is 0 Å². The fourth-order valence-electron chi connectivity index (χ4n) is 4.05. The summed E-state index contributed by atoms with van der Waals surface area (Å²) >= 11 is 0. The van der Waals surface area contributed by atoms with Crippen molar-refractivity contribution in [3.63, 3.8) is 0 Å². The minimum atomic E-state index is -0.671. The van der Waals surface area contributed by atoms with Gasteiger partial charge in [-0.25, -0.2) is 4.39 Å². The summed E-state index contributed by atoms with van der Waals surface area (Å²) in [5.41, 5.74) is 2.96. The molecule has 2 amide bonds. The Hall–Kier alpha value is -3.15. The fraction of sp³-hybridized carbons (Fsp3) is 0.360. The number of hydrogen-bond acceptors (Lipinski definition) is 3. The molecule has 162 valence electrons. The lowest BCUT2D eigenvalue weighted by molar-refractivity contribution is -0.134. The fourth-order valence-corrected chi connectivity index (χ4v) is 4.05. The molecule has 2 aromatic rings. The lowest BCUT2D eigenvalue weighted by Crippen LogP contribution is -2.41. The van der Waals surface area contributed by atoms with E-state index in [0.717, 1.165) is 36.0 Å². The number of benzene rings is 2. The molecule has 2 aromatic carbocycles. The minimum Gasteiger partial charge on any atom is -0.481 e. The molecule has 1 heterocycles. The Labute approximate surface area is 181 Å². The molecule has 0 spiro atoms. The van der Waals surface area contributed by atoms with Crippen molar-refractivity contribution < 1.29 is 18.7 Å². The average Bonchev–Trinajstić information content (AvgIpc) is 3.62. The predicted molar refractivity (Wildman–Crippen MR) is 116 cm³/mol. The minimum absolute atomic E-state index is 0.0949.